The monoisotopic (exact) mass is 436 g/mol. The lowest BCUT2D eigenvalue weighted by Crippen LogP contribution is -2.42. The maximum absolute atomic E-state index is 12.5. The number of carbonyl (C=O) groups excluding carboxylic acids is 2. The van der Waals surface area contributed by atoms with Gasteiger partial charge in [0.15, 0.2) is 5.16 Å². The van der Waals surface area contributed by atoms with Crippen LogP contribution < -0.4 is 16.2 Å². The molecule has 3 amide bonds. The Labute approximate surface area is 181 Å². The normalized spacial score (nSPS) is 12.1. The van der Waals surface area contributed by atoms with Crippen molar-refractivity contribution in [3.63, 3.8) is 0 Å². The maximum atomic E-state index is 12.5. The van der Waals surface area contributed by atoms with Gasteiger partial charge in [0, 0.05) is 13.6 Å². The molecule has 0 radical (unpaired) electrons. The average molecular weight is 436 g/mol. The molecule has 31 heavy (non-hydrogen) atoms. The molecule has 4 rings (SSSR count). The fourth-order valence-corrected chi connectivity index (χ4v) is 3.99. The second kappa shape index (κ2) is 8.60. The molecule has 2 aromatic heterocycles. The van der Waals surface area contributed by atoms with Crippen LogP contribution in [0.3, 0.4) is 0 Å². The highest BCUT2D eigenvalue weighted by molar-refractivity contribution is 8.00. The van der Waals surface area contributed by atoms with Gasteiger partial charge in [0.1, 0.15) is 0 Å². The highest BCUT2D eigenvalue weighted by Gasteiger charge is 2.22. The zero-order valence-corrected chi connectivity index (χ0v) is 17.7. The topological polar surface area (TPSA) is 110 Å². The first-order valence-electron chi connectivity index (χ1n) is 9.58. The number of urea groups is 1. The average Bonchev–Trinajstić information content (AvgIpc) is 3.20. The molecule has 0 aliphatic rings. The number of thioether (sulfide) groups is 1. The van der Waals surface area contributed by atoms with E-state index in [1.54, 1.807) is 36.6 Å². The van der Waals surface area contributed by atoms with E-state index in [1.165, 1.54) is 4.57 Å². The van der Waals surface area contributed by atoms with Crippen molar-refractivity contribution in [3.05, 3.63) is 70.5 Å². The van der Waals surface area contributed by atoms with Gasteiger partial charge in [-0.3, -0.25) is 23.9 Å². The first-order valence-corrected chi connectivity index (χ1v) is 10.5. The largest absolute Gasteiger partial charge is 0.334 e. The quantitative estimate of drug-likeness (QED) is 0.464. The van der Waals surface area contributed by atoms with E-state index in [4.69, 9.17) is 0 Å². The van der Waals surface area contributed by atoms with E-state index in [-0.39, 0.29) is 5.56 Å². The Balaban J connectivity index is 1.49. The van der Waals surface area contributed by atoms with Gasteiger partial charge in [-0.15, -0.1) is 10.2 Å². The Hall–Kier alpha value is -3.66. The SMILES string of the molecule is CC(Sc1nnc2n(C)c(=O)c3ccccc3n12)C(=O)NC(=O)NCc1ccccc1. The second-order valence-electron chi connectivity index (χ2n) is 6.92. The molecule has 0 bridgehead atoms. The molecule has 0 aliphatic heterocycles. The lowest BCUT2D eigenvalue weighted by molar-refractivity contribution is -0.119. The molecule has 2 N–H and O–H groups in total. The second-order valence-corrected chi connectivity index (χ2v) is 8.22. The highest BCUT2D eigenvalue weighted by Crippen LogP contribution is 2.24. The van der Waals surface area contributed by atoms with Crippen LogP contribution >= 0.6 is 11.8 Å². The van der Waals surface area contributed by atoms with Crippen molar-refractivity contribution >= 4 is 40.4 Å². The maximum Gasteiger partial charge on any atom is 0.321 e. The van der Waals surface area contributed by atoms with Crippen molar-refractivity contribution in [2.45, 2.75) is 23.9 Å². The molecule has 1 atom stereocenters. The molecule has 2 aromatic carbocycles. The summed E-state index contributed by atoms with van der Waals surface area (Å²) in [7, 11) is 1.63. The summed E-state index contributed by atoms with van der Waals surface area (Å²) >= 11 is 1.16. The predicted molar refractivity (Wildman–Crippen MR) is 118 cm³/mol. The zero-order chi connectivity index (χ0) is 22.0. The summed E-state index contributed by atoms with van der Waals surface area (Å²) in [6.07, 6.45) is 0. The fraction of sp³-hybridized carbons (Fsp3) is 0.190. The van der Waals surface area contributed by atoms with Crippen molar-refractivity contribution in [1.29, 1.82) is 0 Å². The van der Waals surface area contributed by atoms with Gasteiger partial charge in [-0.25, -0.2) is 4.79 Å². The molecule has 0 saturated carbocycles. The van der Waals surface area contributed by atoms with Crippen molar-refractivity contribution in [2.24, 2.45) is 7.05 Å². The summed E-state index contributed by atoms with van der Waals surface area (Å²) in [4.78, 5) is 37.1. The van der Waals surface area contributed by atoms with Crippen LogP contribution in [0.15, 0.2) is 64.5 Å². The smallest absolute Gasteiger partial charge is 0.321 e. The summed E-state index contributed by atoms with van der Waals surface area (Å²) in [5.41, 5.74) is 1.41. The first-order chi connectivity index (χ1) is 15.0. The number of aryl methyl sites for hydroxylation is 1. The minimum absolute atomic E-state index is 0.173. The molecule has 158 valence electrons. The van der Waals surface area contributed by atoms with Crippen molar-refractivity contribution in [1.82, 2.24) is 29.8 Å². The van der Waals surface area contributed by atoms with Crippen LogP contribution in [0, 0.1) is 0 Å². The third-order valence-corrected chi connectivity index (χ3v) is 5.82. The summed E-state index contributed by atoms with van der Waals surface area (Å²) in [5, 5.41) is 13.6. The molecule has 10 heteroatoms. The van der Waals surface area contributed by atoms with Crippen molar-refractivity contribution in [2.75, 3.05) is 0 Å². The minimum atomic E-state index is -0.620. The predicted octanol–water partition coefficient (Wildman–Crippen LogP) is 2.09. The van der Waals surface area contributed by atoms with Gasteiger partial charge in [0.2, 0.25) is 11.7 Å². The van der Waals surface area contributed by atoms with Crippen LogP contribution in [0.1, 0.15) is 12.5 Å². The number of nitrogens with one attached hydrogen (secondary N) is 2. The Morgan fingerprint density at radius 3 is 2.55 bits per heavy atom. The Bertz CT molecular complexity index is 1330. The zero-order valence-electron chi connectivity index (χ0n) is 16.9. The lowest BCUT2D eigenvalue weighted by Gasteiger charge is -2.12. The number of hydrogen-bond acceptors (Lipinski definition) is 6. The van der Waals surface area contributed by atoms with Gasteiger partial charge in [-0.2, -0.15) is 0 Å². The fourth-order valence-electron chi connectivity index (χ4n) is 3.14. The standard InChI is InChI=1S/C21H20N6O3S/c1-13(17(28)23-19(30)22-12-14-8-4-3-5-9-14)31-21-25-24-20-26(2)18(29)15-10-6-7-11-16(15)27(20)21/h3-11,13H,12H2,1-2H3,(H2,22,23,28,30). The molecule has 0 fully saturated rings. The highest BCUT2D eigenvalue weighted by atomic mass is 32.2. The van der Waals surface area contributed by atoms with E-state index in [0.717, 1.165) is 17.3 Å². The Morgan fingerprint density at radius 2 is 1.77 bits per heavy atom. The van der Waals surface area contributed by atoms with E-state index in [9.17, 15) is 14.4 Å². The van der Waals surface area contributed by atoms with Gasteiger partial charge < -0.3 is 5.32 Å². The number of rotatable bonds is 5. The van der Waals surface area contributed by atoms with Gasteiger partial charge in [-0.05, 0) is 24.6 Å². The van der Waals surface area contributed by atoms with Gasteiger partial charge in [0.05, 0.1) is 16.2 Å². The summed E-state index contributed by atoms with van der Waals surface area (Å²) in [5.74, 6) is -0.0825. The summed E-state index contributed by atoms with van der Waals surface area (Å²) in [6, 6.07) is 16.0. The molecule has 9 nitrogen and oxygen atoms in total. The van der Waals surface area contributed by atoms with Gasteiger partial charge >= 0.3 is 6.03 Å². The lowest BCUT2D eigenvalue weighted by atomic mass is 10.2. The third kappa shape index (κ3) is 4.15. The molecule has 4 aromatic rings. The number of fused-ring (bicyclic) bond motifs is 3. The van der Waals surface area contributed by atoms with Crippen molar-refractivity contribution in [3.8, 4) is 0 Å². The number of carbonyl (C=O) groups is 2. The number of imide groups is 1. The van der Waals surface area contributed by atoms with E-state index in [0.29, 0.717) is 28.4 Å². The van der Waals surface area contributed by atoms with Crippen LogP contribution in [-0.2, 0) is 18.4 Å². The number of para-hydroxylation sites is 1. The number of amides is 3. The van der Waals surface area contributed by atoms with Crippen LogP contribution in [0.2, 0.25) is 0 Å². The van der Waals surface area contributed by atoms with E-state index in [2.05, 4.69) is 20.8 Å². The van der Waals surface area contributed by atoms with Crippen LogP contribution in [0.4, 0.5) is 4.79 Å². The van der Waals surface area contributed by atoms with E-state index < -0.39 is 17.2 Å². The number of aromatic nitrogens is 4. The molecular weight excluding hydrogens is 416 g/mol. The van der Waals surface area contributed by atoms with Crippen LogP contribution in [-0.4, -0.2) is 36.4 Å². The molecular formula is C21H20N6O3S. The van der Waals surface area contributed by atoms with Crippen LogP contribution in [0.5, 0.6) is 0 Å². The molecule has 0 spiro atoms. The molecule has 2 heterocycles. The molecule has 0 aliphatic carbocycles. The summed E-state index contributed by atoms with van der Waals surface area (Å²) < 4.78 is 3.15. The summed E-state index contributed by atoms with van der Waals surface area (Å²) in [6.45, 7) is 1.99. The first kappa shape index (κ1) is 20.6. The number of nitrogens with zero attached hydrogens (tertiary/aromatic N) is 4. The Morgan fingerprint density at radius 1 is 1.06 bits per heavy atom. The van der Waals surface area contributed by atoms with Gasteiger partial charge in [0.25, 0.3) is 5.56 Å². The van der Waals surface area contributed by atoms with E-state index in [1.807, 2.05) is 36.4 Å². The molecule has 0 saturated heterocycles. The van der Waals surface area contributed by atoms with Gasteiger partial charge in [-0.1, -0.05) is 54.2 Å². The number of hydrogen-bond donors (Lipinski definition) is 2. The van der Waals surface area contributed by atoms with E-state index >= 15 is 0 Å². The molecule has 1 unspecified atom stereocenters. The third-order valence-electron chi connectivity index (χ3n) is 4.78. The Kier molecular flexibility index (Phi) is 5.72. The van der Waals surface area contributed by atoms with Crippen LogP contribution in [0.25, 0.3) is 16.7 Å². The minimum Gasteiger partial charge on any atom is -0.334 e. The van der Waals surface area contributed by atoms with Crippen molar-refractivity contribution < 1.29 is 9.59 Å². The number of benzene rings is 2.